The van der Waals surface area contributed by atoms with Gasteiger partial charge in [-0.05, 0) is 127 Å². The molecule has 4 aliphatic rings. The van der Waals surface area contributed by atoms with Gasteiger partial charge in [-0.3, -0.25) is 0 Å². The van der Waals surface area contributed by atoms with Gasteiger partial charge in [0.25, 0.3) is 0 Å². The van der Waals surface area contributed by atoms with Crippen LogP contribution in [0.3, 0.4) is 0 Å². The summed E-state index contributed by atoms with van der Waals surface area (Å²) in [5.74, 6) is 5.24. The lowest BCUT2D eigenvalue weighted by Crippen LogP contribution is -2.51. The quantitative estimate of drug-likeness (QED) is 0.196. The Bertz CT molecular complexity index is 1160. The molecule has 4 aliphatic carbocycles. The van der Waals surface area contributed by atoms with E-state index in [1.165, 1.54) is 44.6 Å². The Morgan fingerprint density at radius 2 is 1.78 bits per heavy atom. The Labute approximate surface area is 249 Å². The van der Waals surface area contributed by atoms with Crippen molar-refractivity contribution >= 4 is 12.0 Å². The van der Waals surface area contributed by atoms with Crippen LogP contribution >= 0.6 is 0 Å². The van der Waals surface area contributed by atoms with Crippen LogP contribution in [-0.4, -0.2) is 17.2 Å². The summed E-state index contributed by atoms with van der Waals surface area (Å²) in [6.45, 7) is 14.7. The molecular formula is C38H54O3. The molecule has 0 amide bonds. The third-order valence-corrected chi connectivity index (χ3v) is 12.3. The summed E-state index contributed by atoms with van der Waals surface area (Å²) in [5.41, 5.74) is 3.15. The molecule has 1 aromatic rings. The van der Waals surface area contributed by atoms with E-state index in [1.54, 1.807) is 35.9 Å². The number of phenolic OH excluding ortho intramolecular Hbond substituents is 1. The van der Waals surface area contributed by atoms with Gasteiger partial charge in [0.15, 0.2) is 0 Å². The van der Waals surface area contributed by atoms with Gasteiger partial charge < -0.3 is 9.84 Å². The largest absolute Gasteiger partial charge is 0.508 e. The van der Waals surface area contributed by atoms with E-state index in [2.05, 4.69) is 59.8 Å². The smallest absolute Gasteiger partial charge is 0.331 e. The molecule has 3 nitrogen and oxygen atoms in total. The number of hydrogen-bond donors (Lipinski definition) is 1. The summed E-state index contributed by atoms with van der Waals surface area (Å²) in [6.07, 6.45) is 21.9. The molecule has 3 heteroatoms. The first kappa shape index (κ1) is 30.2. The maximum atomic E-state index is 12.6. The second kappa shape index (κ2) is 12.1. The molecule has 0 bridgehead atoms. The van der Waals surface area contributed by atoms with Gasteiger partial charge in [0, 0.05) is 12.5 Å². The fourth-order valence-corrected chi connectivity index (χ4v) is 9.87. The first-order valence-electron chi connectivity index (χ1n) is 16.6. The van der Waals surface area contributed by atoms with Crippen molar-refractivity contribution in [3.8, 4) is 5.75 Å². The Morgan fingerprint density at radius 3 is 2.49 bits per heavy atom. The molecule has 3 fully saturated rings. The van der Waals surface area contributed by atoms with E-state index in [9.17, 15) is 9.90 Å². The third-order valence-electron chi connectivity index (χ3n) is 12.3. The summed E-state index contributed by atoms with van der Waals surface area (Å²) in [5, 5.41) is 9.46. The van der Waals surface area contributed by atoms with Crippen LogP contribution in [0.1, 0.15) is 105 Å². The van der Waals surface area contributed by atoms with Crippen LogP contribution in [-0.2, 0) is 9.53 Å². The van der Waals surface area contributed by atoms with Crippen molar-refractivity contribution in [2.45, 2.75) is 105 Å². The molecule has 3 saturated carbocycles. The zero-order chi connectivity index (χ0) is 29.4. The maximum absolute atomic E-state index is 12.6. The number of aromatic hydroxyl groups is 1. The van der Waals surface area contributed by atoms with Crippen molar-refractivity contribution in [3.63, 3.8) is 0 Å². The maximum Gasteiger partial charge on any atom is 0.331 e. The number of rotatable bonds is 8. The Hall–Kier alpha value is -2.29. The molecule has 0 spiro atoms. The number of carbonyl (C=O) groups is 1. The summed E-state index contributed by atoms with van der Waals surface area (Å²) >= 11 is 0. The predicted molar refractivity (Wildman–Crippen MR) is 169 cm³/mol. The molecule has 9 atom stereocenters. The average molecular weight is 559 g/mol. The topological polar surface area (TPSA) is 46.5 Å². The molecular weight excluding hydrogens is 504 g/mol. The average Bonchev–Trinajstić information content (AvgIpc) is 3.30. The molecule has 0 aromatic heterocycles. The van der Waals surface area contributed by atoms with Crippen LogP contribution in [0, 0.1) is 52.3 Å². The van der Waals surface area contributed by atoms with Crippen molar-refractivity contribution < 1.29 is 14.6 Å². The third kappa shape index (κ3) is 5.98. The highest BCUT2D eigenvalue weighted by Crippen LogP contribution is 2.67. The van der Waals surface area contributed by atoms with Crippen LogP contribution in [0.15, 0.2) is 54.1 Å². The molecule has 1 N–H and O–H groups in total. The monoisotopic (exact) mass is 558 g/mol. The first-order valence-corrected chi connectivity index (χ1v) is 16.6. The fraction of sp³-hybridized carbons (Fsp3) is 0.658. The van der Waals surface area contributed by atoms with Crippen molar-refractivity contribution in [1.29, 1.82) is 0 Å². The van der Waals surface area contributed by atoms with Crippen LogP contribution in [0.25, 0.3) is 6.08 Å². The zero-order valence-electron chi connectivity index (χ0n) is 26.4. The van der Waals surface area contributed by atoms with Gasteiger partial charge in [-0.1, -0.05) is 77.5 Å². The molecule has 9 unspecified atom stereocenters. The molecule has 1 aromatic carbocycles. The Morgan fingerprint density at radius 1 is 1.02 bits per heavy atom. The van der Waals surface area contributed by atoms with E-state index in [1.807, 2.05) is 0 Å². The van der Waals surface area contributed by atoms with Crippen molar-refractivity contribution in [3.05, 3.63) is 59.7 Å². The minimum atomic E-state index is -0.270. The standard InChI is InChI=1S/C38H54O3/c1-7-28(25(2)3)12-8-26(4)33-17-18-34-32-16-13-29-24-31(20-22-37(29,5)35(32)21-23-38(33,34)6)41-36(40)19-11-27-9-14-30(39)15-10-27/h8-15,19,25-26,28,31-35,39H,7,16-18,20-24H2,1-6H3. The Balaban J connectivity index is 1.23. The minimum Gasteiger partial charge on any atom is -0.508 e. The lowest BCUT2D eigenvalue weighted by molar-refractivity contribution is -0.145. The van der Waals surface area contributed by atoms with E-state index >= 15 is 0 Å². The van der Waals surface area contributed by atoms with E-state index in [4.69, 9.17) is 4.74 Å². The predicted octanol–water partition coefficient (Wildman–Crippen LogP) is 9.77. The zero-order valence-corrected chi connectivity index (χ0v) is 26.4. The molecule has 224 valence electrons. The van der Waals surface area contributed by atoms with E-state index in [0.29, 0.717) is 17.3 Å². The van der Waals surface area contributed by atoms with Crippen molar-refractivity contribution in [2.75, 3.05) is 0 Å². The Kier molecular flexibility index (Phi) is 8.93. The van der Waals surface area contributed by atoms with Crippen LogP contribution < -0.4 is 0 Å². The second-order valence-electron chi connectivity index (χ2n) is 14.8. The van der Waals surface area contributed by atoms with E-state index < -0.39 is 0 Å². The number of ether oxygens (including phenoxy) is 1. The van der Waals surface area contributed by atoms with Crippen LogP contribution in [0.5, 0.6) is 5.75 Å². The molecule has 0 aliphatic heterocycles. The SMILES string of the molecule is CCC(C=CC(C)C1CCC2C3CC=C4CC(OC(=O)C=Cc5ccc(O)cc5)CCC4(C)C3CCC12C)C(C)C. The molecule has 0 radical (unpaired) electrons. The lowest BCUT2D eigenvalue weighted by Gasteiger charge is -2.58. The highest BCUT2D eigenvalue weighted by atomic mass is 16.5. The van der Waals surface area contributed by atoms with Gasteiger partial charge in [-0.25, -0.2) is 4.79 Å². The highest BCUT2D eigenvalue weighted by molar-refractivity contribution is 5.87. The summed E-state index contributed by atoms with van der Waals surface area (Å²) < 4.78 is 5.93. The molecule has 0 heterocycles. The summed E-state index contributed by atoms with van der Waals surface area (Å²) in [7, 11) is 0. The number of phenols is 1. The number of benzene rings is 1. The minimum absolute atomic E-state index is 0.0296. The summed E-state index contributed by atoms with van der Waals surface area (Å²) in [6, 6.07) is 6.84. The number of carbonyl (C=O) groups excluding carboxylic acids is 1. The van der Waals surface area contributed by atoms with Gasteiger partial charge in [0.2, 0.25) is 0 Å². The normalized spacial score (nSPS) is 36.5. The molecule has 0 saturated heterocycles. The number of allylic oxidation sites excluding steroid dienone is 3. The van der Waals surface area contributed by atoms with Gasteiger partial charge in [-0.15, -0.1) is 0 Å². The number of fused-ring (bicyclic) bond motifs is 5. The van der Waals surface area contributed by atoms with Gasteiger partial charge in [0.05, 0.1) is 0 Å². The van der Waals surface area contributed by atoms with E-state index in [-0.39, 0.29) is 23.2 Å². The molecule has 41 heavy (non-hydrogen) atoms. The van der Waals surface area contributed by atoms with Crippen LogP contribution in [0.4, 0.5) is 0 Å². The number of esters is 1. The second-order valence-corrected chi connectivity index (χ2v) is 14.8. The van der Waals surface area contributed by atoms with Gasteiger partial charge in [-0.2, -0.15) is 0 Å². The van der Waals surface area contributed by atoms with Crippen LogP contribution in [0.2, 0.25) is 0 Å². The summed E-state index contributed by atoms with van der Waals surface area (Å²) in [4.78, 5) is 12.6. The lowest BCUT2D eigenvalue weighted by atomic mass is 9.47. The first-order chi connectivity index (χ1) is 19.5. The van der Waals surface area contributed by atoms with Crippen molar-refractivity contribution in [2.24, 2.45) is 52.3 Å². The van der Waals surface area contributed by atoms with Gasteiger partial charge >= 0.3 is 5.97 Å². The molecule has 5 rings (SSSR count). The van der Waals surface area contributed by atoms with Gasteiger partial charge in [0.1, 0.15) is 11.9 Å². The fourth-order valence-electron chi connectivity index (χ4n) is 9.87. The number of hydrogen-bond acceptors (Lipinski definition) is 3. The van der Waals surface area contributed by atoms with Crippen molar-refractivity contribution in [1.82, 2.24) is 0 Å². The highest BCUT2D eigenvalue weighted by Gasteiger charge is 2.59. The van der Waals surface area contributed by atoms with E-state index in [0.717, 1.165) is 54.4 Å².